The molecule has 22 heavy (non-hydrogen) atoms. The standard InChI is InChI=1S/C15H21N5S.HI/c1-16-15(17-9-12-7-8-21-11-12)18-10-13-5-4-6-14(19-13)20(2)3;/h4-8,11H,9-10H2,1-3H3,(H2,16,17,18);1H. The van der Waals surface area contributed by atoms with Gasteiger partial charge in [0.2, 0.25) is 0 Å². The van der Waals surface area contributed by atoms with Crippen LogP contribution in [0.3, 0.4) is 0 Å². The van der Waals surface area contributed by atoms with Crippen LogP contribution in [-0.4, -0.2) is 32.1 Å². The van der Waals surface area contributed by atoms with Gasteiger partial charge < -0.3 is 15.5 Å². The Morgan fingerprint density at radius 1 is 1.23 bits per heavy atom. The molecule has 0 fully saturated rings. The second-order valence-corrected chi connectivity index (χ2v) is 5.57. The van der Waals surface area contributed by atoms with Crippen molar-refractivity contribution >= 4 is 47.1 Å². The van der Waals surface area contributed by atoms with Crippen LogP contribution in [0.2, 0.25) is 0 Å². The summed E-state index contributed by atoms with van der Waals surface area (Å²) in [4.78, 5) is 10.8. The summed E-state index contributed by atoms with van der Waals surface area (Å²) in [6.45, 7) is 1.42. The van der Waals surface area contributed by atoms with Crippen LogP contribution >= 0.6 is 35.3 Å². The number of nitrogens with one attached hydrogen (secondary N) is 2. The zero-order chi connectivity index (χ0) is 15.1. The number of anilines is 1. The predicted molar refractivity (Wildman–Crippen MR) is 105 cm³/mol. The van der Waals surface area contributed by atoms with Crippen LogP contribution in [0.1, 0.15) is 11.3 Å². The summed E-state index contributed by atoms with van der Waals surface area (Å²) >= 11 is 1.70. The number of aromatic nitrogens is 1. The first-order valence-electron chi connectivity index (χ1n) is 6.78. The molecular weight excluding hydrogens is 409 g/mol. The topological polar surface area (TPSA) is 52.6 Å². The van der Waals surface area contributed by atoms with Gasteiger partial charge in [0.05, 0.1) is 12.2 Å². The first kappa shape index (κ1) is 18.7. The fraction of sp³-hybridized carbons (Fsp3) is 0.333. The highest BCUT2D eigenvalue weighted by Crippen LogP contribution is 2.07. The first-order chi connectivity index (χ1) is 10.2. The Bertz CT molecular complexity index is 583. The van der Waals surface area contributed by atoms with Crippen LogP contribution in [0.15, 0.2) is 40.0 Å². The quantitative estimate of drug-likeness (QED) is 0.434. The van der Waals surface area contributed by atoms with Crippen molar-refractivity contribution in [2.75, 3.05) is 26.0 Å². The van der Waals surface area contributed by atoms with Gasteiger partial charge in [-0.05, 0) is 34.5 Å². The fourth-order valence-electron chi connectivity index (χ4n) is 1.79. The Balaban J connectivity index is 0.00000242. The van der Waals surface area contributed by atoms with E-state index in [0.717, 1.165) is 24.0 Å². The number of nitrogens with zero attached hydrogens (tertiary/aromatic N) is 3. The molecule has 0 aromatic carbocycles. The zero-order valence-electron chi connectivity index (χ0n) is 13.0. The Morgan fingerprint density at radius 2 is 2.00 bits per heavy atom. The van der Waals surface area contributed by atoms with Crippen molar-refractivity contribution in [3.63, 3.8) is 0 Å². The van der Waals surface area contributed by atoms with E-state index in [1.807, 2.05) is 37.2 Å². The zero-order valence-corrected chi connectivity index (χ0v) is 16.2. The lowest BCUT2D eigenvalue weighted by Crippen LogP contribution is -2.36. The number of thiophene rings is 1. The molecule has 120 valence electrons. The Hall–Kier alpha value is -1.35. The Morgan fingerprint density at radius 3 is 2.64 bits per heavy atom. The summed E-state index contributed by atoms with van der Waals surface area (Å²) in [5.74, 6) is 1.73. The van der Waals surface area contributed by atoms with Gasteiger partial charge in [-0.1, -0.05) is 6.07 Å². The molecule has 2 aromatic rings. The number of hydrogen-bond donors (Lipinski definition) is 2. The monoisotopic (exact) mass is 431 g/mol. The summed E-state index contributed by atoms with van der Waals surface area (Å²) in [7, 11) is 5.74. The molecule has 2 aromatic heterocycles. The minimum Gasteiger partial charge on any atom is -0.363 e. The highest BCUT2D eigenvalue weighted by Gasteiger charge is 2.02. The number of halogens is 1. The largest absolute Gasteiger partial charge is 0.363 e. The smallest absolute Gasteiger partial charge is 0.191 e. The minimum atomic E-state index is 0. The maximum absolute atomic E-state index is 4.57. The predicted octanol–water partition coefficient (Wildman–Crippen LogP) is 2.69. The third-order valence-electron chi connectivity index (χ3n) is 2.95. The minimum absolute atomic E-state index is 0. The van der Waals surface area contributed by atoms with E-state index in [1.165, 1.54) is 5.56 Å². The maximum Gasteiger partial charge on any atom is 0.191 e. The van der Waals surface area contributed by atoms with Gasteiger partial charge in [-0.15, -0.1) is 24.0 Å². The van der Waals surface area contributed by atoms with E-state index >= 15 is 0 Å². The summed E-state index contributed by atoms with van der Waals surface area (Å²) in [5, 5.41) is 10.8. The molecule has 2 N–H and O–H groups in total. The van der Waals surface area contributed by atoms with Crippen LogP contribution in [-0.2, 0) is 13.1 Å². The molecule has 0 aliphatic heterocycles. The van der Waals surface area contributed by atoms with Crippen LogP contribution < -0.4 is 15.5 Å². The molecule has 0 unspecified atom stereocenters. The van der Waals surface area contributed by atoms with Gasteiger partial charge in [-0.2, -0.15) is 11.3 Å². The van der Waals surface area contributed by atoms with Crippen LogP contribution in [0.4, 0.5) is 5.82 Å². The SMILES string of the molecule is CN=C(NCc1ccsc1)NCc1cccc(N(C)C)n1.I. The highest BCUT2D eigenvalue weighted by atomic mass is 127. The fourth-order valence-corrected chi connectivity index (χ4v) is 2.46. The molecule has 0 aliphatic rings. The number of aliphatic imine (C=N–C) groups is 1. The molecule has 0 aliphatic carbocycles. The van der Waals surface area contributed by atoms with E-state index < -0.39 is 0 Å². The second kappa shape index (κ2) is 9.62. The third kappa shape index (κ3) is 5.80. The molecule has 0 saturated carbocycles. The number of hydrogen-bond acceptors (Lipinski definition) is 4. The molecule has 0 saturated heterocycles. The van der Waals surface area contributed by atoms with E-state index in [0.29, 0.717) is 6.54 Å². The van der Waals surface area contributed by atoms with Gasteiger partial charge in [0.1, 0.15) is 5.82 Å². The Kier molecular flexibility index (Phi) is 8.18. The molecule has 0 amide bonds. The normalized spacial score (nSPS) is 10.8. The summed E-state index contributed by atoms with van der Waals surface area (Å²) < 4.78 is 0. The lowest BCUT2D eigenvalue weighted by Gasteiger charge is -2.14. The van der Waals surface area contributed by atoms with E-state index in [2.05, 4.69) is 37.4 Å². The van der Waals surface area contributed by atoms with Gasteiger partial charge in [0.25, 0.3) is 0 Å². The second-order valence-electron chi connectivity index (χ2n) is 4.79. The lowest BCUT2D eigenvalue weighted by atomic mass is 10.3. The van der Waals surface area contributed by atoms with Crippen molar-refractivity contribution in [1.29, 1.82) is 0 Å². The highest BCUT2D eigenvalue weighted by molar-refractivity contribution is 14.0. The lowest BCUT2D eigenvalue weighted by molar-refractivity contribution is 0.794. The van der Waals surface area contributed by atoms with Gasteiger partial charge in [0, 0.05) is 27.7 Å². The molecule has 2 rings (SSSR count). The van der Waals surface area contributed by atoms with Crippen molar-refractivity contribution in [3.05, 3.63) is 46.3 Å². The van der Waals surface area contributed by atoms with E-state index in [9.17, 15) is 0 Å². The number of guanidine groups is 1. The summed E-state index contributed by atoms with van der Waals surface area (Å²) in [5.41, 5.74) is 2.25. The van der Waals surface area contributed by atoms with Gasteiger partial charge in [-0.25, -0.2) is 4.98 Å². The van der Waals surface area contributed by atoms with Crippen LogP contribution in [0, 0.1) is 0 Å². The van der Waals surface area contributed by atoms with Crippen molar-refractivity contribution in [2.45, 2.75) is 13.1 Å². The van der Waals surface area contributed by atoms with Crippen molar-refractivity contribution < 1.29 is 0 Å². The van der Waals surface area contributed by atoms with Crippen molar-refractivity contribution in [2.24, 2.45) is 4.99 Å². The summed E-state index contributed by atoms with van der Waals surface area (Å²) in [6.07, 6.45) is 0. The maximum atomic E-state index is 4.57. The van der Waals surface area contributed by atoms with Crippen molar-refractivity contribution in [1.82, 2.24) is 15.6 Å². The van der Waals surface area contributed by atoms with Gasteiger partial charge in [0.15, 0.2) is 5.96 Å². The molecule has 2 heterocycles. The third-order valence-corrected chi connectivity index (χ3v) is 3.68. The molecule has 0 bridgehead atoms. The van der Waals surface area contributed by atoms with E-state index in [1.54, 1.807) is 18.4 Å². The molecule has 7 heteroatoms. The van der Waals surface area contributed by atoms with Crippen LogP contribution in [0.25, 0.3) is 0 Å². The number of rotatable bonds is 5. The molecular formula is C15H22IN5S. The summed E-state index contributed by atoms with van der Waals surface area (Å²) in [6, 6.07) is 8.12. The molecule has 0 radical (unpaired) electrons. The molecule has 0 atom stereocenters. The average Bonchev–Trinajstić information content (AvgIpc) is 3.01. The van der Waals surface area contributed by atoms with E-state index in [-0.39, 0.29) is 24.0 Å². The van der Waals surface area contributed by atoms with Crippen LogP contribution in [0.5, 0.6) is 0 Å². The number of pyridine rings is 1. The van der Waals surface area contributed by atoms with Gasteiger partial charge in [-0.3, -0.25) is 4.99 Å². The molecule has 0 spiro atoms. The first-order valence-corrected chi connectivity index (χ1v) is 7.72. The molecule has 5 nitrogen and oxygen atoms in total. The Labute approximate surface area is 152 Å². The van der Waals surface area contributed by atoms with E-state index in [4.69, 9.17) is 0 Å². The average molecular weight is 431 g/mol. The van der Waals surface area contributed by atoms with Gasteiger partial charge >= 0.3 is 0 Å². The van der Waals surface area contributed by atoms with Crippen molar-refractivity contribution in [3.8, 4) is 0 Å².